The lowest BCUT2D eigenvalue weighted by Gasteiger charge is -2.19. The van der Waals surface area contributed by atoms with Crippen molar-refractivity contribution in [1.29, 1.82) is 0 Å². The first-order chi connectivity index (χ1) is 18.8. The highest BCUT2D eigenvalue weighted by atomic mass is 32.2. The minimum Gasteiger partial charge on any atom is -0.495 e. The normalized spacial score (nSPS) is 14.2. The molecule has 1 amide bonds. The van der Waals surface area contributed by atoms with E-state index in [-0.39, 0.29) is 22.3 Å². The summed E-state index contributed by atoms with van der Waals surface area (Å²) in [6.07, 6.45) is 5.10. The van der Waals surface area contributed by atoms with Gasteiger partial charge in [0.05, 0.1) is 43.2 Å². The maximum absolute atomic E-state index is 13.6. The summed E-state index contributed by atoms with van der Waals surface area (Å²) in [7, 11) is 2.92. The molecule has 4 N–H and O–H groups in total. The molecule has 0 aromatic carbocycles. The molecule has 1 aliphatic rings. The van der Waals surface area contributed by atoms with Gasteiger partial charge in [-0.3, -0.25) is 25.6 Å². The molecule has 1 saturated carbocycles. The number of ether oxygens (including phenoxy) is 2. The van der Waals surface area contributed by atoms with Crippen molar-refractivity contribution in [1.82, 2.24) is 25.7 Å². The van der Waals surface area contributed by atoms with Gasteiger partial charge in [0.1, 0.15) is 22.6 Å². The van der Waals surface area contributed by atoms with Crippen molar-refractivity contribution >= 4 is 17.7 Å². The number of pyridine rings is 3. The van der Waals surface area contributed by atoms with Crippen LogP contribution in [0.5, 0.6) is 11.5 Å². The molecule has 0 spiro atoms. The van der Waals surface area contributed by atoms with E-state index >= 15 is 0 Å². The van der Waals surface area contributed by atoms with E-state index in [9.17, 15) is 13.6 Å². The van der Waals surface area contributed by atoms with E-state index in [2.05, 4.69) is 37.5 Å². The molecule has 3 aromatic rings. The molecule has 12 heteroatoms. The average molecular weight is 555 g/mol. The molecule has 1 aliphatic carbocycles. The smallest absolute Gasteiger partial charge is 0.280 e. The highest BCUT2D eigenvalue weighted by Crippen LogP contribution is 2.36. The van der Waals surface area contributed by atoms with Crippen molar-refractivity contribution in [3.8, 4) is 45.7 Å². The van der Waals surface area contributed by atoms with E-state index in [1.807, 2.05) is 0 Å². The molecule has 4 rings (SSSR count). The summed E-state index contributed by atoms with van der Waals surface area (Å²) in [4.78, 5) is 25.9. The number of rotatable bonds is 10. The molecule has 2 unspecified atom stereocenters. The van der Waals surface area contributed by atoms with Crippen LogP contribution in [0.3, 0.4) is 0 Å². The molecule has 0 aliphatic heterocycles. The molecule has 3 heterocycles. The van der Waals surface area contributed by atoms with Crippen LogP contribution in [0, 0.1) is 17.8 Å². The van der Waals surface area contributed by atoms with Crippen LogP contribution in [-0.4, -0.2) is 45.8 Å². The molecule has 39 heavy (non-hydrogen) atoms. The fourth-order valence-corrected chi connectivity index (χ4v) is 4.47. The quantitative estimate of drug-likeness (QED) is 0.147. The van der Waals surface area contributed by atoms with Gasteiger partial charge in [-0.05, 0) is 38.0 Å². The Hall–Kier alpha value is -3.79. The standard InChI is InChI=1S/C27H28F2N6O3S/c1-15(39-25(35-30)7-6-16-4-5-16)34-27(36)21-13-32-22(17-8-18(37-2)12-31-11-17)9-19(21)20-10-23(26(28)29)33-14-24(20)38-3/h8-16,25-26,35H,4-5,30H2,1-3H3,(H,34,36). The summed E-state index contributed by atoms with van der Waals surface area (Å²) in [5.41, 5.74) is 4.03. The van der Waals surface area contributed by atoms with Gasteiger partial charge in [0.2, 0.25) is 0 Å². The number of aromatic nitrogens is 3. The Morgan fingerprint density at radius 2 is 1.90 bits per heavy atom. The van der Waals surface area contributed by atoms with Gasteiger partial charge in [-0.2, -0.15) is 0 Å². The van der Waals surface area contributed by atoms with Gasteiger partial charge in [0.15, 0.2) is 0 Å². The zero-order chi connectivity index (χ0) is 27.9. The second-order valence-corrected chi connectivity index (χ2v) is 10.2. The van der Waals surface area contributed by atoms with Crippen molar-refractivity contribution in [2.24, 2.45) is 11.8 Å². The number of nitrogens with zero attached hydrogens (tertiary/aromatic N) is 3. The van der Waals surface area contributed by atoms with Crippen LogP contribution in [0.2, 0.25) is 0 Å². The number of methoxy groups -OCH3 is 2. The van der Waals surface area contributed by atoms with Gasteiger partial charge in [0.25, 0.3) is 12.3 Å². The summed E-state index contributed by atoms with van der Waals surface area (Å²) >= 11 is 1.34. The first-order valence-electron chi connectivity index (χ1n) is 12.1. The van der Waals surface area contributed by atoms with Crippen molar-refractivity contribution < 1.29 is 23.0 Å². The highest BCUT2D eigenvalue weighted by Gasteiger charge is 2.23. The second kappa shape index (κ2) is 12.8. The summed E-state index contributed by atoms with van der Waals surface area (Å²) in [6, 6.07) is 4.57. The van der Waals surface area contributed by atoms with Gasteiger partial charge in [-0.1, -0.05) is 11.8 Å². The SMILES string of the molecule is COc1cncc(-c2cc(-c3cc(C(F)F)ncc3OC)c(C(=O)NC(C)SC(C#CC3CC3)NN)cn2)c1. The third-order valence-electron chi connectivity index (χ3n) is 5.84. The molecule has 0 radical (unpaired) electrons. The fraction of sp³-hybridized carbons (Fsp3) is 0.333. The Kier molecular flexibility index (Phi) is 9.29. The van der Waals surface area contributed by atoms with Crippen molar-refractivity contribution in [2.75, 3.05) is 14.2 Å². The molecule has 3 aromatic heterocycles. The summed E-state index contributed by atoms with van der Waals surface area (Å²) in [5.74, 6) is 12.6. The summed E-state index contributed by atoms with van der Waals surface area (Å²) < 4.78 is 37.8. The van der Waals surface area contributed by atoms with Gasteiger partial charge in [-0.25, -0.2) is 14.2 Å². The number of halogens is 2. The molecular weight excluding hydrogens is 526 g/mol. The van der Waals surface area contributed by atoms with E-state index in [1.54, 1.807) is 31.5 Å². The Morgan fingerprint density at radius 3 is 2.56 bits per heavy atom. The number of nitrogens with two attached hydrogens (primary N) is 1. The Balaban J connectivity index is 1.71. The molecule has 204 valence electrons. The van der Waals surface area contributed by atoms with E-state index in [4.69, 9.17) is 15.3 Å². The largest absolute Gasteiger partial charge is 0.495 e. The van der Waals surface area contributed by atoms with Crippen molar-refractivity contribution in [3.05, 3.63) is 54.2 Å². The van der Waals surface area contributed by atoms with E-state index in [0.717, 1.165) is 12.8 Å². The molecule has 9 nitrogen and oxygen atoms in total. The van der Waals surface area contributed by atoms with Gasteiger partial charge >= 0.3 is 0 Å². The van der Waals surface area contributed by atoms with Crippen LogP contribution in [0.25, 0.3) is 22.4 Å². The maximum Gasteiger partial charge on any atom is 0.280 e. The molecule has 0 bridgehead atoms. The molecule has 0 saturated heterocycles. The predicted octanol–water partition coefficient (Wildman–Crippen LogP) is 4.17. The van der Waals surface area contributed by atoms with Gasteiger partial charge in [0, 0.05) is 35.0 Å². The zero-order valence-electron chi connectivity index (χ0n) is 21.6. The molecular formula is C27H28F2N6O3S. The van der Waals surface area contributed by atoms with Crippen molar-refractivity contribution in [2.45, 2.75) is 36.9 Å². The third kappa shape index (κ3) is 7.20. The maximum atomic E-state index is 13.6. The third-order valence-corrected chi connectivity index (χ3v) is 6.89. The molecule has 2 atom stereocenters. The second-order valence-electron chi connectivity index (χ2n) is 8.70. The number of hydrogen-bond donors (Lipinski definition) is 3. The van der Waals surface area contributed by atoms with E-state index < -0.39 is 23.4 Å². The van der Waals surface area contributed by atoms with Gasteiger partial charge in [-0.15, -0.1) is 11.8 Å². The van der Waals surface area contributed by atoms with E-state index in [1.165, 1.54) is 44.4 Å². The summed E-state index contributed by atoms with van der Waals surface area (Å²) in [6.45, 7) is 1.80. The van der Waals surface area contributed by atoms with Crippen LogP contribution in [0.4, 0.5) is 8.78 Å². The van der Waals surface area contributed by atoms with Crippen molar-refractivity contribution in [3.63, 3.8) is 0 Å². The topological polar surface area (TPSA) is 124 Å². The van der Waals surface area contributed by atoms with E-state index in [0.29, 0.717) is 28.5 Å². The van der Waals surface area contributed by atoms with Gasteiger partial charge < -0.3 is 14.8 Å². The molecule has 1 fully saturated rings. The average Bonchev–Trinajstić information content (AvgIpc) is 3.79. The monoisotopic (exact) mass is 554 g/mol. The Labute approximate surface area is 229 Å². The van der Waals surface area contributed by atoms with Crippen LogP contribution in [-0.2, 0) is 0 Å². The van der Waals surface area contributed by atoms with Crippen LogP contribution in [0.1, 0.15) is 42.2 Å². The first-order valence-corrected chi connectivity index (χ1v) is 13.0. The van der Waals surface area contributed by atoms with Crippen LogP contribution >= 0.6 is 11.8 Å². The number of amides is 1. The number of carbonyl (C=O) groups excluding carboxylic acids is 1. The lowest BCUT2D eigenvalue weighted by atomic mass is 9.98. The predicted molar refractivity (Wildman–Crippen MR) is 145 cm³/mol. The number of nitrogens with one attached hydrogen (secondary N) is 2. The number of hydrazine groups is 1. The minimum atomic E-state index is -2.82. The highest BCUT2D eigenvalue weighted by molar-refractivity contribution is 8.00. The Morgan fingerprint density at radius 1 is 1.10 bits per heavy atom. The number of carbonyl (C=O) groups is 1. The fourth-order valence-electron chi connectivity index (χ4n) is 3.68. The van der Waals surface area contributed by atoms with Crippen LogP contribution < -0.4 is 26.1 Å². The number of thioether (sulfide) groups is 1. The van der Waals surface area contributed by atoms with Crippen LogP contribution in [0.15, 0.2) is 43.0 Å². The zero-order valence-corrected chi connectivity index (χ0v) is 22.4. The lowest BCUT2D eigenvalue weighted by molar-refractivity contribution is 0.0952. The first kappa shape index (κ1) is 28.2. The number of alkyl halides is 2. The summed E-state index contributed by atoms with van der Waals surface area (Å²) in [5, 5.41) is 2.14. The Bertz CT molecular complexity index is 1390. The minimum absolute atomic E-state index is 0.160. The lowest BCUT2D eigenvalue weighted by Crippen LogP contribution is -2.37. The number of hydrogen-bond acceptors (Lipinski definition) is 9.